The Bertz CT molecular complexity index is 997. The van der Waals surface area contributed by atoms with Gasteiger partial charge in [0, 0.05) is 30.5 Å². The average molecular weight is 410 g/mol. The van der Waals surface area contributed by atoms with Gasteiger partial charge in [0.1, 0.15) is 0 Å². The molecule has 0 atom stereocenters. The summed E-state index contributed by atoms with van der Waals surface area (Å²) in [7, 11) is 1.47. The van der Waals surface area contributed by atoms with Crippen LogP contribution in [0.4, 0.5) is 4.79 Å². The average Bonchev–Trinajstić information content (AvgIpc) is 3.13. The van der Waals surface area contributed by atoms with Crippen molar-refractivity contribution in [1.82, 2.24) is 25.4 Å². The number of hydrogen-bond acceptors (Lipinski definition) is 5. The zero-order chi connectivity index (χ0) is 20.8. The number of nitrogens with zero attached hydrogens (tertiary/aromatic N) is 3. The van der Waals surface area contributed by atoms with Crippen LogP contribution in [0.3, 0.4) is 0 Å². The van der Waals surface area contributed by atoms with E-state index in [0.717, 1.165) is 17.1 Å². The summed E-state index contributed by atoms with van der Waals surface area (Å²) in [5.41, 5.74) is 4.26. The predicted octanol–water partition coefficient (Wildman–Crippen LogP) is 3.49. The van der Waals surface area contributed by atoms with E-state index in [1.165, 1.54) is 29.9 Å². The standard InChI is InChI=1S/C21H23N5O2S/c1-14-4-8-16(9-5-14)19-24-25-21(26(19)17-10-6-15(2)7-11-17)29-13-12-18(27)23-20(28)22-3/h4-11H,12-13H2,1-3H3,(H2,22,23,27,28). The second-order valence-electron chi connectivity index (χ2n) is 6.57. The number of aromatic nitrogens is 3. The molecule has 1 heterocycles. The minimum absolute atomic E-state index is 0.193. The maximum Gasteiger partial charge on any atom is 0.321 e. The van der Waals surface area contributed by atoms with Crippen LogP contribution in [0.1, 0.15) is 17.5 Å². The van der Waals surface area contributed by atoms with E-state index in [1.54, 1.807) is 0 Å². The fourth-order valence-electron chi connectivity index (χ4n) is 2.67. The highest BCUT2D eigenvalue weighted by molar-refractivity contribution is 7.99. The molecule has 2 aromatic carbocycles. The first-order valence-corrected chi connectivity index (χ1v) is 10.2. The van der Waals surface area contributed by atoms with E-state index in [9.17, 15) is 9.59 Å². The van der Waals surface area contributed by atoms with Gasteiger partial charge < -0.3 is 5.32 Å². The van der Waals surface area contributed by atoms with Crippen molar-refractivity contribution in [3.8, 4) is 17.1 Å². The lowest BCUT2D eigenvalue weighted by Crippen LogP contribution is -2.37. The third-order valence-electron chi connectivity index (χ3n) is 4.28. The summed E-state index contributed by atoms with van der Waals surface area (Å²) in [6.45, 7) is 4.08. The zero-order valence-corrected chi connectivity index (χ0v) is 17.4. The highest BCUT2D eigenvalue weighted by Gasteiger charge is 2.17. The molecule has 0 unspecified atom stereocenters. The van der Waals surface area contributed by atoms with Crippen molar-refractivity contribution in [2.45, 2.75) is 25.4 Å². The third kappa shape index (κ3) is 5.23. The van der Waals surface area contributed by atoms with Crippen LogP contribution in [-0.2, 0) is 4.79 Å². The minimum Gasteiger partial charge on any atom is -0.341 e. The van der Waals surface area contributed by atoms with Gasteiger partial charge in [-0.05, 0) is 26.0 Å². The fraction of sp³-hybridized carbons (Fsp3) is 0.238. The Morgan fingerprint density at radius 2 is 1.59 bits per heavy atom. The molecule has 0 aliphatic heterocycles. The first kappa shape index (κ1) is 20.6. The molecule has 1 aromatic heterocycles. The normalized spacial score (nSPS) is 10.6. The number of carbonyl (C=O) groups is 2. The minimum atomic E-state index is -0.510. The number of imide groups is 1. The molecule has 3 rings (SSSR count). The number of aryl methyl sites for hydroxylation is 2. The van der Waals surface area contributed by atoms with Gasteiger partial charge in [0.15, 0.2) is 11.0 Å². The third-order valence-corrected chi connectivity index (χ3v) is 5.21. The molecule has 150 valence electrons. The van der Waals surface area contributed by atoms with E-state index < -0.39 is 6.03 Å². The van der Waals surface area contributed by atoms with Gasteiger partial charge in [-0.3, -0.25) is 14.7 Å². The highest BCUT2D eigenvalue weighted by atomic mass is 32.2. The van der Waals surface area contributed by atoms with E-state index in [4.69, 9.17) is 0 Å². The molecule has 29 heavy (non-hydrogen) atoms. The molecule has 0 saturated heterocycles. The maximum atomic E-state index is 11.8. The molecule has 3 amide bonds. The van der Waals surface area contributed by atoms with Crippen LogP contribution in [0.2, 0.25) is 0 Å². The van der Waals surface area contributed by atoms with E-state index >= 15 is 0 Å². The van der Waals surface area contributed by atoms with Crippen molar-refractivity contribution in [2.75, 3.05) is 12.8 Å². The lowest BCUT2D eigenvalue weighted by atomic mass is 10.1. The summed E-state index contributed by atoms with van der Waals surface area (Å²) in [5, 5.41) is 14.1. The quantitative estimate of drug-likeness (QED) is 0.609. The summed E-state index contributed by atoms with van der Waals surface area (Å²) in [5.74, 6) is 0.879. The predicted molar refractivity (Wildman–Crippen MR) is 114 cm³/mol. The summed E-state index contributed by atoms with van der Waals surface area (Å²) < 4.78 is 1.99. The number of nitrogens with one attached hydrogen (secondary N) is 2. The maximum absolute atomic E-state index is 11.8. The second kappa shape index (κ2) is 9.38. The molecule has 7 nitrogen and oxygen atoms in total. The van der Waals surface area contributed by atoms with Gasteiger partial charge in [-0.25, -0.2) is 4.79 Å². The highest BCUT2D eigenvalue weighted by Crippen LogP contribution is 2.28. The molecular formula is C21H23N5O2S. The van der Waals surface area contributed by atoms with Gasteiger partial charge in [-0.1, -0.05) is 59.3 Å². The Hall–Kier alpha value is -3.13. The molecule has 0 aliphatic rings. The number of rotatable bonds is 6. The van der Waals surface area contributed by atoms with Crippen molar-refractivity contribution in [1.29, 1.82) is 0 Å². The Kier molecular flexibility index (Phi) is 6.66. The topological polar surface area (TPSA) is 88.9 Å². The van der Waals surface area contributed by atoms with Gasteiger partial charge in [-0.15, -0.1) is 10.2 Å². The molecule has 3 aromatic rings. The van der Waals surface area contributed by atoms with Crippen molar-refractivity contribution in [2.24, 2.45) is 0 Å². The Morgan fingerprint density at radius 1 is 0.966 bits per heavy atom. The first-order chi connectivity index (χ1) is 14.0. The molecule has 8 heteroatoms. The molecule has 0 fully saturated rings. The van der Waals surface area contributed by atoms with Gasteiger partial charge in [0.2, 0.25) is 5.91 Å². The summed E-state index contributed by atoms with van der Waals surface area (Å²) in [6, 6.07) is 15.8. The lowest BCUT2D eigenvalue weighted by molar-refractivity contribution is -0.119. The van der Waals surface area contributed by atoms with Crippen LogP contribution in [0.5, 0.6) is 0 Å². The van der Waals surface area contributed by atoms with Crippen molar-refractivity contribution in [3.05, 3.63) is 59.7 Å². The van der Waals surface area contributed by atoms with Crippen LogP contribution >= 0.6 is 11.8 Å². The fourth-order valence-corrected chi connectivity index (χ4v) is 3.56. The second-order valence-corrected chi connectivity index (χ2v) is 7.63. The van der Waals surface area contributed by atoms with Gasteiger partial charge >= 0.3 is 6.03 Å². The van der Waals surface area contributed by atoms with E-state index in [1.807, 2.05) is 66.9 Å². The SMILES string of the molecule is CNC(=O)NC(=O)CCSc1nnc(-c2ccc(C)cc2)n1-c1ccc(C)cc1. The van der Waals surface area contributed by atoms with Crippen LogP contribution in [0.15, 0.2) is 53.7 Å². The van der Waals surface area contributed by atoms with Crippen LogP contribution in [0, 0.1) is 13.8 Å². The van der Waals surface area contributed by atoms with Crippen molar-refractivity contribution >= 4 is 23.7 Å². The monoisotopic (exact) mass is 409 g/mol. The number of carbonyl (C=O) groups excluding carboxylic acids is 2. The van der Waals surface area contributed by atoms with Gasteiger partial charge in [0.25, 0.3) is 0 Å². The van der Waals surface area contributed by atoms with Crippen molar-refractivity contribution in [3.63, 3.8) is 0 Å². The summed E-state index contributed by atoms with van der Waals surface area (Å²) in [6.07, 6.45) is 0.193. The Morgan fingerprint density at radius 3 is 2.21 bits per heavy atom. The molecule has 2 N–H and O–H groups in total. The smallest absolute Gasteiger partial charge is 0.321 e. The molecular weight excluding hydrogens is 386 g/mol. The zero-order valence-electron chi connectivity index (χ0n) is 16.6. The lowest BCUT2D eigenvalue weighted by Gasteiger charge is -2.11. The first-order valence-electron chi connectivity index (χ1n) is 9.22. The van der Waals surface area contributed by atoms with Crippen LogP contribution < -0.4 is 10.6 Å². The summed E-state index contributed by atoms with van der Waals surface area (Å²) >= 11 is 1.42. The van der Waals surface area contributed by atoms with Crippen LogP contribution in [0.25, 0.3) is 17.1 Å². The molecule has 0 bridgehead atoms. The number of amides is 3. The van der Waals surface area contributed by atoms with Crippen LogP contribution in [-0.4, -0.2) is 39.5 Å². The van der Waals surface area contributed by atoms with Gasteiger partial charge in [0.05, 0.1) is 0 Å². The molecule has 0 aliphatic carbocycles. The number of urea groups is 1. The molecule has 0 spiro atoms. The molecule has 0 radical (unpaired) electrons. The summed E-state index contributed by atoms with van der Waals surface area (Å²) in [4.78, 5) is 23.1. The molecule has 0 saturated carbocycles. The van der Waals surface area contributed by atoms with Crippen molar-refractivity contribution < 1.29 is 9.59 Å². The van der Waals surface area contributed by atoms with E-state index in [2.05, 4.69) is 20.8 Å². The van der Waals surface area contributed by atoms with E-state index in [0.29, 0.717) is 10.9 Å². The Balaban J connectivity index is 1.85. The largest absolute Gasteiger partial charge is 0.341 e. The number of thioether (sulfide) groups is 1. The number of benzene rings is 2. The van der Waals surface area contributed by atoms with Gasteiger partial charge in [-0.2, -0.15) is 0 Å². The Labute approximate surface area is 173 Å². The number of hydrogen-bond donors (Lipinski definition) is 2. The van der Waals surface area contributed by atoms with E-state index in [-0.39, 0.29) is 12.3 Å².